The molecule has 0 saturated heterocycles. The lowest BCUT2D eigenvalue weighted by atomic mass is 10.0. The van der Waals surface area contributed by atoms with E-state index in [-0.39, 0.29) is 12.2 Å². The third kappa shape index (κ3) is 2.99. The standard InChI is InChI=1S/C14H11F3O2/c15-14(16,17)11-6-5-10(13(19)8-11)7-9-3-1-2-4-12(9)18/h1-6,8,18-19H,7H2. The second kappa shape index (κ2) is 4.84. The molecule has 0 aliphatic rings. The smallest absolute Gasteiger partial charge is 0.416 e. The average molecular weight is 268 g/mol. The van der Waals surface area contributed by atoms with Crippen LogP contribution in [-0.4, -0.2) is 10.2 Å². The number of phenolic OH excluding ortho intramolecular Hbond substituents is 2. The van der Waals surface area contributed by atoms with E-state index in [0.717, 1.165) is 6.07 Å². The van der Waals surface area contributed by atoms with Gasteiger partial charge in [0.2, 0.25) is 0 Å². The SMILES string of the molecule is Oc1ccccc1Cc1ccc(C(F)(F)F)cc1O. The molecular formula is C14H11F3O2. The van der Waals surface area contributed by atoms with E-state index in [2.05, 4.69) is 0 Å². The largest absolute Gasteiger partial charge is 0.508 e. The Morgan fingerprint density at radius 1 is 0.842 bits per heavy atom. The van der Waals surface area contributed by atoms with Crippen molar-refractivity contribution in [1.29, 1.82) is 0 Å². The van der Waals surface area contributed by atoms with Crippen LogP contribution < -0.4 is 0 Å². The van der Waals surface area contributed by atoms with Crippen LogP contribution in [0.2, 0.25) is 0 Å². The van der Waals surface area contributed by atoms with Gasteiger partial charge in [0.15, 0.2) is 0 Å². The summed E-state index contributed by atoms with van der Waals surface area (Å²) in [6, 6.07) is 9.29. The van der Waals surface area contributed by atoms with Gasteiger partial charge in [0.05, 0.1) is 5.56 Å². The molecule has 5 heteroatoms. The number of hydrogen-bond donors (Lipinski definition) is 2. The Labute approximate surface area is 107 Å². The molecule has 0 radical (unpaired) electrons. The molecule has 2 rings (SSSR count). The molecule has 2 nitrogen and oxygen atoms in total. The number of rotatable bonds is 2. The number of alkyl halides is 3. The topological polar surface area (TPSA) is 40.5 Å². The molecule has 0 bridgehead atoms. The minimum absolute atomic E-state index is 0.0433. The summed E-state index contributed by atoms with van der Waals surface area (Å²) in [4.78, 5) is 0. The molecule has 2 aromatic carbocycles. The first-order valence-electron chi connectivity index (χ1n) is 5.54. The summed E-state index contributed by atoms with van der Waals surface area (Å²) in [5.41, 5.74) is -0.0295. The van der Waals surface area contributed by atoms with E-state index in [9.17, 15) is 23.4 Å². The summed E-state index contributed by atoms with van der Waals surface area (Å²) >= 11 is 0. The summed E-state index contributed by atoms with van der Waals surface area (Å²) < 4.78 is 37.3. The molecule has 0 amide bonds. The molecule has 0 spiro atoms. The molecule has 0 aromatic heterocycles. The predicted molar refractivity (Wildman–Crippen MR) is 64.0 cm³/mol. The van der Waals surface area contributed by atoms with Crippen molar-refractivity contribution < 1.29 is 23.4 Å². The Bertz CT molecular complexity index is 591. The summed E-state index contributed by atoms with van der Waals surface area (Å²) in [6.07, 6.45) is -4.32. The predicted octanol–water partition coefficient (Wildman–Crippen LogP) is 3.71. The minimum atomic E-state index is -4.48. The normalized spacial score (nSPS) is 11.5. The molecule has 0 heterocycles. The van der Waals surface area contributed by atoms with Gasteiger partial charge in [-0.15, -0.1) is 0 Å². The number of para-hydroxylation sites is 1. The molecule has 100 valence electrons. The van der Waals surface area contributed by atoms with Crippen LogP contribution in [0.25, 0.3) is 0 Å². The molecule has 19 heavy (non-hydrogen) atoms. The fourth-order valence-electron chi connectivity index (χ4n) is 1.76. The zero-order chi connectivity index (χ0) is 14.0. The van der Waals surface area contributed by atoms with Crippen molar-refractivity contribution in [3.05, 3.63) is 59.2 Å². The van der Waals surface area contributed by atoms with Gasteiger partial charge in [0, 0.05) is 6.42 Å². The Morgan fingerprint density at radius 2 is 1.47 bits per heavy atom. The second-order valence-electron chi connectivity index (χ2n) is 4.15. The van der Waals surface area contributed by atoms with Gasteiger partial charge in [0.25, 0.3) is 0 Å². The Hall–Kier alpha value is -2.17. The molecule has 0 aliphatic heterocycles. The Morgan fingerprint density at radius 3 is 2.05 bits per heavy atom. The number of hydrogen-bond acceptors (Lipinski definition) is 2. The minimum Gasteiger partial charge on any atom is -0.508 e. The number of phenols is 2. The first kappa shape index (κ1) is 13.3. The lowest BCUT2D eigenvalue weighted by Crippen LogP contribution is -2.05. The first-order valence-corrected chi connectivity index (χ1v) is 5.54. The van der Waals surface area contributed by atoms with Crippen molar-refractivity contribution in [3.63, 3.8) is 0 Å². The molecule has 0 atom stereocenters. The molecule has 0 unspecified atom stereocenters. The highest BCUT2D eigenvalue weighted by atomic mass is 19.4. The van der Waals surface area contributed by atoms with Crippen LogP contribution in [0.15, 0.2) is 42.5 Å². The van der Waals surface area contributed by atoms with Gasteiger partial charge in [0.1, 0.15) is 11.5 Å². The molecule has 0 fully saturated rings. The number of benzene rings is 2. The van der Waals surface area contributed by atoms with E-state index >= 15 is 0 Å². The number of aromatic hydroxyl groups is 2. The van der Waals surface area contributed by atoms with E-state index in [4.69, 9.17) is 0 Å². The van der Waals surface area contributed by atoms with Crippen molar-refractivity contribution in [2.45, 2.75) is 12.6 Å². The van der Waals surface area contributed by atoms with E-state index in [1.54, 1.807) is 18.2 Å². The molecule has 2 aromatic rings. The van der Waals surface area contributed by atoms with Crippen molar-refractivity contribution >= 4 is 0 Å². The van der Waals surface area contributed by atoms with Crippen molar-refractivity contribution in [3.8, 4) is 11.5 Å². The van der Waals surface area contributed by atoms with Gasteiger partial charge in [-0.2, -0.15) is 13.2 Å². The maximum atomic E-state index is 12.4. The van der Waals surface area contributed by atoms with E-state index < -0.39 is 17.5 Å². The van der Waals surface area contributed by atoms with Crippen molar-refractivity contribution in [2.75, 3.05) is 0 Å². The lowest BCUT2D eigenvalue weighted by Gasteiger charge is -2.10. The van der Waals surface area contributed by atoms with Crippen LogP contribution >= 0.6 is 0 Å². The van der Waals surface area contributed by atoms with Crippen LogP contribution in [0.4, 0.5) is 13.2 Å². The molecule has 0 saturated carbocycles. The highest BCUT2D eigenvalue weighted by molar-refractivity contribution is 5.43. The maximum Gasteiger partial charge on any atom is 0.416 e. The zero-order valence-electron chi connectivity index (χ0n) is 9.78. The third-order valence-electron chi connectivity index (χ3n) is 2.79. The van der Waals surface area contributed by atoms with E-state index in [1.165, 1.54) is 12.1 Å². The quantitative estimate of drug-likeness (QED) is 0.871. The van der Waals surface area contributed by atoms with Gasteiger partial charge in [-0.3, -0.25) is 0 Å². The highest BCUT2D eigenvalue weighted by Crippen LogP contribution is 2.33. The van der Waals surface area contributed by atoms with Gasteiger partial charge in [-0.05, 0) is 29.3 Å². The fourth-order valence-corrected chi connectivity index (χ4v) is 1.76. The van der Waals surface area contributed by atoms with Gasteiger partial charge < -0.3 is 10.2 Å². The van der Waals surface area contributed by atoms with E-state index in [0.29, 0.717) is 17.2 Å². The summed E-state index contributed by atoms with van der Waals surface area (Å²) in [6.45, 7) is 0. The summed E-state index contributed by atoms with van der Waals surface area (Å²) in [7, 11) is 0. The number of halogens is 3. The van der Waals surface area contributed by atoms with Crippen LogP contribution in [0.1, 0.15) is 16.7 Å². The van der Waals surface area contributed by atoms with Crippen LogP contribution in [0.3, 0.4) is 0 Å². The van der Waals surface area contributed by atoms with Crippen molar-refractivity contribution in [2.24, 2.45) is 0 Å². The summed E-state index contributed by atoms with van der Waals surface area (Å²) in [5, 5.41) is 19.2. The zero-order valence-corrected chi connectivity index (χ0v) is 9.78. The fraction of sp³-hybridized carbons (Fsp3) is 0.143. The van der Waals surface area contributed by atoms with E-state index in [1.807, 2.05) is 0 Å². The second-order valence-corrected chi connectivity index (χ2v) is 4.15. The van der Waals surface area contributed by atoms with Gasteiger partial charge in [-0.25, -0.2) is 0 Å². The lowest BCUT2D eigenvalue weighted by molar-refractivity contribution is -0.137. The first-order chi connectivity index (χ1) is 8.88. The monoisotopic (exact) mass is 268 g/mol. The molecule has 0 aliphatic carbocycles. The van der Waals surface area contributed by atoms with Gasteiger partial charge >= 0.3 is 6.18 Å². The highest BCUT2D eigenvalue weighted by Gasteiger charge is 2.31. The average Bonchev–Trinajstić information content (AvgIpc) is 2.33. The van der Waals surface area contributed by atoms with Crippen LogP contribution in [0, 0.1) is 0 Å². The van der Waals surface area contributed by atoms with Gasteiger partial charge in [-0.1, -0.05) is 24.3 Å². The van der Waals surface area contributed by atoms with Crippen molar-refractivity contribution in [1.82, 2.24) is 0 Å². The third-order valence-corrected chi connectivity index (χ3v) is 2.79. The molecular weight excluding hydrogens is 257 g/mol. The maximum absolute atomic E-state index is 12.4. The molecule has 2 N–H and O–H groups in total. The Balaban J connectivity index is 2.30. The Kier molecular flexibility index (Phi) is 3.38. The van der Waals surface area contributed by atoms with Crippen LogP contribution in [-0.2, 0) is 12.6 Å². The summed E-state index contributed by atoms with van der Waals surface area (Å²) in [5.74, 6) is -0.389. The van der Waals surface area contributed by atoms with Crippen LogP contribution in [0.5, 0.6) is 11.5 Å².